The van der Waals surface area contributed by atoms with Crippen LogP contribution in [0.1, 0.15) is 39.0 Å². The molecule has 0 bridgehead atoms. The largest absolute Gasteiger partial charge is 0.393 e. The normalized spacial score (nSPS) is 20.6. The number of halogens is 1. The predicted molar refractivity (Wildman–Crippen MR) is 144 cm³/mol. The summed E-state index contributed by atoms with van der Waals surface area (Å²) in [5.74, 6) is 5.37. The van der Waals surface area contributed by atoms with Crippen LogP contribution in [-0.4, -0.2) is 87.3 Å². The molecule has 0 spiro atoms. The molecule has 2 heterocycles. The van der Waals surface area contributed by atoms with Gasteiger partial charge in [0.1, 0.15) is 11.5 Å². The fraction of sp³-hybridized carbons (Fsp3) is 0.630. The van der Waals surface area contributed by atoms with Gasteiger partial charge in [-0.2, -0.15) is 0 Å². The first-order valence-corrected chi connectivity index (χ1v) is 13.5. The Hall–Kier alpha value is -2.73. The second-order valence-electron chi connectivity index (χ2n) is 9.81. The van der Waals surface area contributed by atoms with E-state index in [-0.39, 0.29) is 35.2 Å². The first kappa shape index (κ1) is 29.8. The Morgan fingerprint density at radius 2 is 1.95 bits per heavy atom. The molecule has 0 unspecified atom stereocenters. The molecule has 0 aromatic heterocycles. The lowest BCUT2D eigenvalue weighted by molar-refractivity contribution is -0.142. The average molecular weight is 535 g/mol. The van der Waals surface area contributed by atoms with E-state index in [1.807, 2.05) is 11.8 Å². The Balaban J connectivity index is 1.84. The first-order valence-electron chi connectivity index (χ1n) is 13.5. The van der Waals surface area contributed by atoms with Gasteiger partial charge in [0.25, 0.3) is 5.91 Å². The van der Waals surface area contributed by atoms with Gasteiger partial charge in [-0.3, -0.25) is 14.6 Å². The Morgan fingerprint density at radius 3 is 2.63 bits per heavy atom. The van der Waals surface area contributed by atoms with Gasteiger partial charge >= 0.3 is 0 Å². The molecule has 3 rings (SSSR count). The summed E-state index contributed by atoms with van der Waals surface area (Å²) in [7, 11) is 1.63. The lowest BCUT2D eigenvalue weighted by Crippen LogP contribution is -2.56. The van der Waals surface area contributed by atoms with Crippen molar-refractivity contribution in [2.45, 2.75) is 45.1 Å². The second kappa shape index (κ2) is 15.0. The maximum Gasteiger partial charge on any atom is 0.271 e. The summed E-state index contributed by atoms with van der Waals surface area (Å²) in [4.78, 5) is 30.6. The summed E-state index contributed by atoms with van der Waals surface area (Å²) in [6.45, 7) is 6.42. The van der Waals surface area contributed by atoms with Crippen LogP contribution in [0.3, 0.4) is 0 Å². The maximum absolute atomic E-state index is 14.6. The Labute approximate surface area is 225 Å². The zero-order chi connectivity index (χ0) is 27.5. The summed E-state index contributed by atoms with van der Waals surface area (Å²) in [6.07, 6.45) is 3.05. The van der Waals surface area contributed by atoms with E-state index in [2.05, 4.69) is 5.32 Å². The number of nitrogens with two attached hydrogens (primary N) is 2. The summed E-state index contributed by atoms with van der Waals surface area (Å²) in [5.41, 5.74) is 7.01. The number of carbonyl (C=O) groups is 2. The molecule has 2 aliphatic heterocycles. The Bertz CT molecular complexity index is 955. The Kier molecular flexibility index (Phi) is 11.8. The minimum absolute atomic E-state index is 0.0109. The van der Waals surface area contributed by atoms with E-state index < -0.39 is 5.82 Å². The average Bonchev–Trinajstić information content (AvgIpc) is 2.95. The number of piperidine rings is 1. The van der Waals surface area contributed by atoms with Crippen molar-refractivity contribution in [1.82, 2.24) is 15.1 Å². The maximum atomic E-state index is 14.6. The summed E-state index contributed by atoms with van der Waals surface area (Å²) in [5, 5.41) is 4.53. The molecule has 0 radical (unpaired) electrons. The van der Waals surface area contributed by atoms with Crippen LogP contribution in [0.15, 0.2) is 35.7 Å². The topological polar surface area (TPSA) is 126 Å². The number of methoxy groups -OCH3 is 1. The molecule has 2 saturated heterocycles. The molecule has 212 valence electrons. The molecule has 38 heavy (non-hydrogen) atoms. The van der Waals surface area contributed by atoms with Crippen LogP contribution in [-0.2, 0) is 19.1 Å². The summed E-state index contributed by atoms with van der Waals surface area (Å²) in [6, 6.07) is 5.93. The number of para-hydroxylation sites is 1. The number of carbonyl (C=O) groups excluding carboxylic acids is 2. The Morgan fingerprint density at radius 1 is 1.21 bits per heavy atom. The molecule has 2 fully saturated rings. The van der Waals surface area contributed by atoms with Gasteiger partial charge in [0.15, 0.2) is 0 Å². The van der Waals surface area contributed by atoms with Crippen molar-refractivity contribution in [3.63, 3.8) is 0 Å². The number of anilines is 1. The molecule has 1 aromatic rings. The van der Waals surface area contributed by atoms with Crippen LogP contribution in [0.25, 0.3) is 0 Å². The van der Waals surface area contributed by atoms with Gasteiger partial charge in [-0.1, -0.05) is 19.1 Å². The van der Waals surface area contributed by atoms with Gasteiger partial charge in [-0.25, -0.2) is 10.2 Å². The van der Waals surface area contributed by atoms with Crippen molar-refractivity contribution >= 4 is 17.5 Å². The third kappa shape index (κ3) is 7.66. The number of nitrogens with zero attached hydrogens (tertiary/aromatic N) is 3. The minimum Gasteiger partial charge on any atom is -0.393 e. The molecule has 2 amide bonds. The number of ether oxygens (including phenoxy) is 2. The third-order valence-corrected chi connectivity index (χ3v) is 7.12. The van der Waals surface area contributed by atoms with E-state index in [1.54, 1.807) is 30.2 Å². The highest BCUT2D eigenvalue weighted by atomic mass is 19.1. The number of benzene rings is 1. The van der Waals surface area contributed by atoms with Gasteiger partial charge in [-0.15, -0.1) is 0 Å². The zero-order valence-corrected chi connectivity index (χ0v) is 22.7. The van der Waals surface area contributed by atoms with Gasteiger partial charge in [-0.05, 0) is 44.2 Å². The van der Waals surface area contributed by atoms with Crippen molar-refractivity contribution < 1.29 is 23.5 Å². The second-order valence-corrected chi connectivity index (χ2v) is 9.81. The highest BCUT2D eigenvalue weighted by Gasteiger charge is 2.36. The monoisotopic (exact) mass is 534 g/mol. The van der Waals surface area contributed by atoms with Crippen molar-refractivity contribution in [1.29, 1.82) is 0 Å². The van der Waals surface area contributed by atoms with E-state index in [0.717, 1.165) is 12.8 Å². The number of allylic oxidation sites excluding steroid dienone is 1. The van der Waals surface area contributed by atoms with Gasteiger partial charge < -0.3 is 30.3 Å². The van der Waals surface area contributed by atoms with Crippen molar-refractivity contribution in [2.24, 2.45) is 17.5 Å². The van der Waals surface area contributed by atoms with Crippen molar-refractivity contribution in [2.75, 3.05) is 64.7 Å². The SMILES string of the molecule is CCCN(C(=O)/C(N)=C(\CCCCOC)N(N)c1ccccc1F)[C@@H]1CNC[C@H](C(=O)N2CCOCC2)C1. The van der Waals surface area contributed by atoms with Crippen LogP contribution in [0.5, 0.6) is 0 Å². The first-order chi connectivity index (χ1) is 18.4. The highest BCUT2D eigenvalue weighted by molar-refractivity contribution is 5.94. The van der Waals surface area contributed by atoms with E-state index in [1.165, 1.54) is 11.1 Å². The fourth-order valence-corrected chi connectivity index (χ4v) is 5.07. The molecule has 0 aliphatic carbocycles. The van der Waals surface area contributed by atoms with Gasteiger partial charge in [0, 0.05) is 52.5 Å². The standard InChI is InChI=1S/C27H43FN6O4/c1-3-11-33(21-17-20(18-31-19-21)26(35)32-12-15-38-16-13-32)27(36)25(29)24(10-6-7-14-37-2)34(30)23-9-5-4-8-22(23)28/h4-5,8-9,20-21,31H,3,6-7,10-19,29-30H2,1-2H3/b25-24-/t20-,21+/m1/s1. The molecular weight excluding hydrogens is 491 g/mol. The third-order valence-electron chi connectivity index (χ3n) is 7.12. The molecule has 2 aliphatic rings. The van der Waals surface area contributed by atoms with Crippen molar-refractivity contribution in [3.8, 4) is 0 Å². The van der Waals surface area contributed by atoms with Crippen LogP contribution in [0.2, 0.25) is 0 Å². The molecule has 10 nitrogen and oxygen atoms in total. The van der Waals surface area contributed by atoms with Gasteiger partial charge in [0.05, 0.1) is 30.5 Å². The molecule has 2 atom stereocenters. The van der Waals surface area contributed by atoms with Crippen LogP contribution < -0.4 is 21.9 Å². The zero-order valence-electron chi connectivity index (χ0n) is 22.7. The smallest absolute Gasteiger partial charge is 0.271 e. The minimum atomic E-state index is -0.504. The van der Waals surface area contributed by atoms with Crippen LogP contribution in [0, 0.1) is 11.7 Å². The van der Waals surface area contributed by atoms with E-state index >= 15 is 0 Å². The number of amides is 2. The number of hydrogen-bond donors (Lipinski definition) is 3. The van der Waals surface area contributed by atoms with Crippen molar-refractivity contribution in [3.05, 3.63) is 41.5 Å². The van der Waals surface area contributed by atoms with E-state index in [0.29, 0.717) is 77.5 Å². The number of hydrazine groups is 1. The highest BCUT2D eigenvalue weighted by Crippen LogP contribution is 2.26. The lowest BCUT2D eigenvalue weighted by Gasteiger charge is -2.40. The lowest BCUT2D eigenvalue weighted by atomic mass is 9.92. The van der Waals surface area contributed by atoms with Crippen LogP contribution in [0.4, 0.5) is 10.1 Å². The number of morpholine rings is 1. The summed E-state index contributed by atoms with van der Waals surface area (Å²) < 4.78 is 25.1. The molecular formula is C27H43FN6O4. The molecule has 1 aromatic carbocycles. The number of hydrogen-bond acceptors (Lipinski definition) is 8. The number of rotatable bonds is 12. The molecule has 0 saturated carbocycles. The molecule has 5 N–H and O–H groups in total. The quantitative estimate of drug-likeness (QED) is 0.160. The summed E-state index contributed by atoms with van der Waals surface area (Å²) >= 11 is 0. The number of nitrogens with one attached hydrogen (secondary N) is 1. The predicted octanol–water partition coefficient (Wildman–Crippen LogP) is 1.57. The fourth-order valence-electron chi connectivity index (χ4n) is 5.07. The van der Waals surface area contributed by atoms with E-state index in [4.69, 9.17) is 21.1 Å². The number of unbranched alkanes of at least 4 members (excludes halogenated alkanes) is 1. The van der Waals surface area contributed by atoms with Gasteiger partial charge in [0.2, 0.25) is 5.91 Å². The van der Waals surface area contributed by atoms with Crippen LogP contribution >= 0.6 is 0 Å². The molecule has 11 heteroatoms. The van der Waals surface area contributed by atoms with E-state index in [9.17, 15) is 14.0 Å².